The molecule has 2 heterocycles. The highest BCUT2D eigenvalue weighted by atomic mass is 19.4. The molecule has 4 rings (SSSR count). The zero-order valence-electron chi connectivity index (χ0n) is 17.5. The number of anilines is 1. The van der Waals surface area contributed by atoms with Crippen molar-refractivity contribution in [1.29, 1.82) is 0 Å². The van der Waals surface area contributed by atoms with Crippen molar-refractivity contribution in [3.05, 3.63) is 70.8 Å². The summed E-state index contributed by atoms with van der Waals surface area (Å²) in [5, 5.41) is 0.454. The van der Waals surface area contributed by atoms with Crippen molar-refractivity contribution in [3.8, 4) is 0 Å². The Morgan fingerprint density at radius 3 is 2.47 bits per heavy atom. The molecule has 1 fully saturated rings. The first-order valence-corrected chi connectivity index (χ1v) is 10.5. The second-order valence-electron chi connectivity index (χ2n) is 7.76. The topological polar surface area (TPSA) is 58.4 Å². The van der Waals surface area contributed by atoms with E-state index < -0.39 is 17.8 Å². The molecule has 0 bridgehead atoms. The van der Waals surface area contributed by atoms with Gasteiger partial charge >= 0.3 is 6.18 Å². The number of aromatic nitrogens is 2. The van der Waals surface area contributed by atoms with Crippen molar-refractivity contribution in [2.45, 2.75) is 25.6 Å². The number of carbonyl (C=O) groups is 1. The summed E-state index contributed by atoms with van der Waals surface area (Å²) in [5.74, 6) is -0.185. The van der Waals surface area contributed by atoms with Crippen LogP contribution in [0.15, 0.2) is 59.7 Å². The summed E-state index contributed by atoms with van der Waals surface area (Å²) < 4.78 is 40.4. The summed E-state index contributed by atoms with van der Waals surface area (Å²) in [7, 11) is 0. The summed E-state index contributed by atoms with van der Waals surface area (Å²) in [6.07, 6.45) is -2.56. The predicted octanol–water partition coefficient (Wildman–Crippen LogP) is 3.72. The Balaban J connectivity index is 1.49. The van der Waals surface area contributed by atoms with Crippen LogP contribution < -0.4 is 10.5 Å². The maximum absolute atomic E-state index is 13.2. The van der Waals surface area contributed by atoms with Crippen LogP contribution in [0.1, 0.15) is 24.9 Å². The number of piperazine rings is 1. The van der Waals surface area contributed by atoms with E-state index in [-0.39, 0.29) is 11.5 Å². The largest absolute Gasteiger partial charge is 0.416 e. The van der Waals surface area contributed by atoms with Gasteiger partial charge in [-0.25, -0.2) is 4.98 Å². The molecule has 1 atom stereocenters. The first kappa shape index (κ1) is 21.9. The van der Waals surface area contributed by atoms with Gasteiger partial charge in [-0.3, -0.25) is 14.2 Å². The lowest BCUT2D eigenvalue weighted by atomic mass is 10.1. The van der Waals surface area contributed by atoms with Gasteiger partial charge in [-0.2, -0.15) is 13.2 Å². The number of hydrogen-bond donors (Lipinski definition) is 0. The van der Waals surface area contributed by atoms with E-state index >= 15 is 0 Å². The van der Waals surface area contributed by atoms with Crippen LogP contribution in [0, 0.1) is 0 Å². The van der Waals surface area contributed by atoms with Crippen molar-refractivity contribution in [1.82, 2.24) is 14.5 Å². The standard InChI is InChI=1S/C23H23F3N4O2/c1-2-20(30-15-27-19-9-4-3-8-18(19)21(30)31)22(32)29-12-10-28(11-13-29)17-7-5-6-16(14-17)23(24,25)26/h3-9,14-15,20H,2,10-13H2,1H3. The van der Waals surface area contributed by atoms with E-state index in [1.54, 1.807) is 35.2 Å². The molecule has 1 aliphatic rings. The van der Waals surface area contributed by atoms with Gasteiger partial charge in [0.2, 0.25) is 5.91 Å². The van der Waals surface area contributed by atoms with Crippen LogP contribution in [0.5, 0.6) is 0 Å². The average molecular weight is 444 g/mol. The first-order chi connectivity index (χ1) is 15.3. The van der Waals surface area contributed by atoms with E-state index in [1.165, 1.54) is 17.0 Å². The third-order valence-corrected chi connectivity index (χ3v) is 5.83. The molecule has 1 aromatic heterocycles. The number of alkyl halides is 3. The molecule has 1 aliphatic heterocycles. The van der Waals surface area contributed by atoms with Crippen LogP contribution >= 0.6 is 0 Å². The Labute approximate surface area is 182 Å². The number of halogens is 3. The highest BCUT2D eigenvalue weighted by Crippen LogP contribution is 2.32. The summed E-state index contributed by atoms with van der Waals surface area (Å²) in [5.41, 5.74) is 0.0980. The lowest BCUT2D eigenvalue weighted by Gasteiger charge is -2.37. The van der Waals surface area contributed by atoms with Crippen LogP contribution in [0.2, 0.25) is 0 Å². The van der Waals surface area contributed by atoms with Gasteiger partial charge in [-0.15, -0.1) is 0 Å². The van der Waals surface area contributed by atoms with Crippen LogP contribution in [-0.2, 0) is 11.0 Å². The maximum Gasteiger partial charge on any atom is 0.416 e. The smallest absolute Gasteiger partial charge is 0.368 e. The minimum atomic E-state index is -4.40. The number of para-hydroxylation sites is 1. The second kappa shape index (κ2) is 8.64. The molecule has 0 saturated carbocycles. The minimum absolute atomic E-state index is 0.185. The zero-order chi connectivity index (χ0) is 22.9. The highest BCUT2D eigenvalue weighted by molar-refractivity contribution is 5.82. The lowest BCUT2D eigenvalue weighted by Crippen LogP contribution is -2.51. The SMILES string of the molecule is CCC(C(=O)N1CCN(c2cccc(C(F)(F)F)c2)CC1)n1cnc2ccccc2c1=O. The molecule has 0 aliphatic carbocycles. The number of nitrogens with zero attached hydrogens (tertiary/aromatic N) is 4. The molecule has 1 saturated heterocycles. The van der Waals surface area contributed by atoms with Crippen LogP contribution in [0.3, 0.4) is 0 Å². The van der Waals surface area contributed by atoms with Gasteiger partial charge < -0.3 is 9.80 Å². The fourth-order valence-electron chi connectivity index (χ4n) is 4.07. The summed E-state index contributed by atoms with van der Waals surface area (Å²) >= 11 is 0. The molecule has 32 heavy (non-hydrogen) atoms. The third kappa shape index (κ3) is 4.19. The molecule has 3 aromatic rings. The average Bonchev–Trinajstić information content (AvgIpc) is 2.80. The van der Waals surface area contributed by atoms with E-state index in [4.69, 9.17) is 0 Å². The number of rotatable bonds is 4. The fourth-order valence-corrected chi connectivity index (χ4v) is 4.07. The number of benzene rings is 2. The second-order valence-corrected chi connectivity index (χ2v) is 7.76. The Hall–Kier alpha value is -3.36. The Kier molecular flexibility index (Phi) is 5.90. The Morgan fingerprint density at radius 2 is 1.78 bits per heavy atom. The van der Waals surface area contributed by atoms with Crippen molar-refractivity contribution >= 4 is 22.5 Å². The van der Waals surface area contributed by atoms with Gasteiger partial charge in [0.25, 0.3) is 5.56 Å². The summed E-state index contributed by atoms with van der Waals surface area (Å²) in [6, 6.07) is 11.5. The maximum atomic E-state index is 13.2. The van der Waals surface area contributed by atoms with Gasteiger partial charge in [0.05, 0.1) is 22.8 Å². The molecule has 1 amide bonds. The number of carbonyl (C=O) groups excluding carboxylic acids is 1. The van der Waals surface area contributed by atoms with Gasteiger partial charge in [-0.1, -0.05) is 25.1 Å². The zero-order valence-corrected chi connectivity index (χ0v) is 17.5. The Bertz CT molecular complexity index is 1180. The van der Waals surface area contributed by atoms with Gasteiger partial charge in [0.15, 0.2) is 0 Å². The minimum Gasteiger partial charge on any atom is -0.368 e. The van der Waals surface area contributed by atoms with E-state index in [0.29, 0.717) is 49.2 Å². The molecule has 168 valence electrons. The van der Waals surface area contributed by atoms with E-state index in [2.05, 4.69) is 4.98 Å². The number of amides is 1. The summed E-state index contributed by atoms with van der Waals surface area (Å²) in [4.78, 5) is 33.9. The molecule has 6 nitrogen and oxygen atoms in total. The first-order valence-electron chi connectivity index (χ1n) is 10.5. The van der Waals surface area contributed by atoms with Crippen molar-refractivity contribution in [2.24, 2.45) is 0 Å². The van der Waals surface area contributed by atoms with Crippen LogP contribution in [-0.4, -0.2) is 46.5 Å². The Morgan fingerprint density at radius 1 is 1.06 bits per heavy atom. The van der Waals surface area contributed by atoms with Gasteiger partial charge in [-0.05, 0) is 36.8 Å². The number of fused-ring (bicyclic) bond motifs is 1. The molecule has 0 spiro atoms. The monoisotopic (exact) mass is 444 g/mol. The van der Waals surface area contributed by atoms with Crippen molar-refractivity contribution in [3.63, 3.8) is 0 Å². The fraction of sp³-hybridized carbons (Fsp3) is 0.348. The molecular weight excluding hydrogens is 421 g/mol. The van der Waals surface area contributed by atoms with E-state index in [9.17, 15) is 22.8 Å². The van der Waals surface area contributed by atoms with Gasteiger partial charge in [0.1, 0.15) is 6.04 Å². The number of hydrogen-bond acceptors (Lipinski definition) is 4. The molecule has 9 heteroatoms. The molecule has 0 N–H and O–H groups in total. The van der Waals surface area contributed by atoms with Crippen molar-refractivity contribution in [2.75, 3.05) is 31.1 Å². The molecule has 2 aromatic carbocycles. The van der Waals surface area contributed by atoms with E-state index in [0.717, 1.165) is 12.1 Å². The molecule has 1 unspecified atom stereocenters. The van der Waals surface area contributed by atoms with Crippen LogP contribution in [0.25, 0.3) is 10.9 Å². The third-order valence-electron chi connectivity index (χ3n) is 5.83. The van der Waals surface area contributed by atoms with Gasteiger partial charge in [0, 0.05) is 31.9 Å². The summed E-state index contributed by atoms with van der Waals surface area (Å²) in [6.45, 7) is 3.38. The van der Waals surface area contributed by atoms with Crippen LogP contribution in [0.4, 0.5) is 18.9 Å². The van der Waals surface area contributed by atoms with E-state index in [1.807, 2.05) is 11.8 Å². The highest BCUT2D eigenvalue weighted by Gasteiger charge is 2.32. The van der Waals surface area contributed by atoms with Crippen molar-refractivity contribution < 1.29 is 18.0 Å². The molecule has 0 radical (unpaired) electrons. The lowest BCUT2D eigenvalue weighted by molar-refractivity contribution is -0.137. The quantitative estimate of drug-likeness (QED) is 0.616. The predicted molar refractivity (Wildman–Crippen MR) is 116 cm³/mol. The normalized spacial score (nSPS) is 15.8. The molecular formula is C23H23F3N4O2.